The maximum absolute atomic E-state index is 12.1. The van der Waals surface area contributed by atoms with Gasteiger partial charge in [-0.25, -0.2) is 4.79 Å². The summed E-state index contributed by atoms with van der Waals surface area (Å²) in [6.07, 6.45) is 1.83. The molecule has 0 aliphatic carbocycles. The summed E-state index contributed by atoms with van der Waals surface area (Å²) in [5, 5.41) is 5.86. The summed E-state index contributed by atoms with van der Waals surface area (Å²) < 4.78 is 0. The molecule has 126 valence electrons. The molecule has 2 N–H and O–H groups in total. The number of carbonyl (C=O) groups is 3. The van der Waals surface area contributed by atoms with Crippen LogP contribution in [0.1, 0.15) is 33.1 Å². The van der Waals surface area contributed by atoms with E-state index in [9.17, 15) is 14.4 Å². The van der Waals surface area contributed by atoms with Crippen LogP contribution < -0.4 is 10.6 Å². The standard InChI is InChI=1S/C14H24N4O3.ClH/c1-14(2)12(20)18(13(21)16-14)8-4-5-11(19)17(3)10-6-7-15-9-10;/h10,15H,4-9H2,1-3H3,(H,16,21);1H. The summed E-state index contributed by atoms with van der Waals surface area (Å²) in [6, 6.07) is -0.112. The molecule has 2 aliphatic heterocycles. The number of imide groups is 1. The van der Waals surface area contributed by atoms with Crippen LogP contribution in [-0.2, 0) is 9.59 Å². The molecule has 0 aromatic carbocycles. The number of carbonyl (C=O) groups excluding carboxylic acids is 3. The number of hydrogen-bond acceptors (Lipinski definition) is 4. The highest BCUT2D eigenvalue weighted by atomic mass is 35.5. The molecule has 1 atom stereocenters. The van der Waals surface area contributed by atoms with Crippen molar-refractivity contribution < 1.29 is 14.4 Å². The molecule has 1 unspecified atom stereocenters. The first-order chi connectivity index (χ1) is 9.83. The topological polar surface area (TPSA) is 81.8 Å². The molecule has 8 heteroatoms. The number of halogens is 1. The first-order valence-corrected chi connectivity index (χ1v) is 7.43. The quantitative estimate of drug-likeness (QED) is 0.711. The second kappa shape index (κ2) is 7.28. The molecule has 0 aromatic heterocycles. The lowest BCUT2D eigenvalue weighted by Crippen LogP contribution is -2.40. The molecule has 0 radical (unpaired) electrons. The molecule has 0 bridgehead atoms. The highest BCUT2D eigenvalue weighted by molar-refractivity contribution is 6.06. The van der Waals surface area contributed by atoms with Crippen molar-refractivity contribution in [1.82, 2.24) is 20.4 Å². The first kappa shape index (κ1) is 18.7. The first-order valence-electron chi connectivity index (χ1n) is 7.43. The Morgan fingerprint density at radius 1 is 1.41 bits per heavy atom. The van der Waals surface area contributed by atoms with E-state index >= 15 is 0 Å². The van der Waals surface area contributed by atoms with Crippen LogP contribution in [-0.4, -0.2) is 65.9 Å². The van der Waals surface area contributed by atoms with Crippen molar-refractivity contribution in [3.05, 3.63) is 0 Å². The molecule has 2 heterocycles. The maximum Gasteiger partial charge on any atom is 0.325 e. The van der Waals surface area contributed by atoms with E-state index in [1.54, 1.807) is 18.7 Å². The van der Waals surface area contributed by atoms with E-state index in [-0.39, 0.29) is 42.8 Å². The number of amides is 4. The Balaban J connectivity index is 0.00000242. The Morgan fingerprint density at radius 3 is 2.59 bits per heavy atom. The van der Waals surface area contributed by atoms with Crippen LogP contribution in [0.2, 0.25) is 0 Å². The van der Waals surface area contributed by atoms with Gasteiger partial charge in [-0.15, -0.1) is 12.4 Å². The maximum atomic E-state index is 12.1. The van der Waals surface area contributed by atoms with Gasteiger partial charge in [0, 0.05) is 32.6 Å². The third-order valence-electron chi connectivity index (χ3n) is 4.19. The molecule has 0 saturated carbocycles. The van der Waals surface area contributed by atoms with Crippen LogP contribution in [0.5, 0.6) is 0 Å². The fraction of sp³-hybridized carbons (Fsp3) is 0.786. The van der Waals surface area contributed by atoms with Crippen LogP contribution in [0.15, 0.2) is 0 Å². The molecule has 7 nitrogen and oxygen atoms in total. The monoisotopic (exact) mass is 332 g/mol. The number of likely N-dealkylation sites (N-methyl/N-ethyl adjacent to an activating group) is 1. The van der Waals surface area contributed by atoms with Crippen LogP contribution in [0.4, 0.5) is 4.79 Å². The molecule has 2 fully saturated rings. The zero-order valence-electron chi connectivity index (χ0n) is 13.3. The third kappa shape index (κ3) is 3.89. The van der Waals surface area contributed by atoms with Crippen molar-refractivity contribution in [1.29, 1.82) is 0 Å². The van der Waals surface area contributed by atoms with E-state index in [0.29, 0.717) is 12.8 Å². The van der Waals surface area contributed by atoms with Gasteiger partial charge in [0.1, 0.15) is 5.54 Å². The van der Waals surface area contributed by atoms with Crippen molar-refractivity contribution in [3.63, 3.8) is 0 Å². The van der Waals surface area contributed by atoms with E-state index in [4.69, 9.17) is 0 Å². The predicted octanol–water partition coefficient (Wildman–Crippen LogP) is 0.339. The van der Waals surface area contributed by atoms with E-state index in [1.165, 1.54) is 4.90 Å². The number of rotatable bonds is 5. The van der Waals surface area contributed by atoms with E-state index in [0.717, 1.165) is 19.5 Å². The smallest absolute Gasteiger partial charge is 0.325 e. The van der Waals surface area contributed by atoms with Crippen molar-refractivity contribution in [2.45, 2.75) is 44.7 Å². The number of urea groups is 1. The number of hydrogen-bond donors (Lipinski definition) is 2. The van der Waals surface area contributed by atoms with Gasteiger partial charge in [0.05, 0.1) is 0 Å². The van der Waals surface area contributed by atoms with Gasteiger partial charge in [-0.2, -0.15) is 0 Å². The zero-order chi connectivity index (χ0) is 15.6. The molecular formula is C14H25ClN4O3. The van der Waals surface area contributed by atoms with Gasteiger partial charge >= 0.3 is 6.03 Å². The van der Waals surface area contributed by atoms with Crippen LogP contribution in [0.3, 0.4) is 0 Å². The average molecular weight is 333 g/mol. The van der Waals surface area contributed by atoms with Gasteiger partial charge in [-0.1, -0.05) is 0 Å². The average Bonchev–Trinajstić information content (AvgIpc) is 3.00. The molecule has 2 aliphatic rings. The molecule has 2 rings (SSSR count). The highest BCUT2D eigenvalue weighted by Crippen LogP contribution is 2.17. The summed E-state index contributed by atoms with van der Waals surface area (Å²) in [4.78, 5) is 38.8. The minimum atomic E-state index is -0.840. The van der Waals surface area contributed by atoms with Gasteiger partial charge < -0.3 is 15.5 Å². The highest BCUT2D eigenvalue weighted by Gasteiger charge is 2.43. The second-order valence-corrected chi connectivity index (χ2v) is 6.27. The molecule has 0 aromatic rings. The molecule has 2 saturated heterocycles. The van der Waals surface area contributed by atoms with E-state index in [2.05, 4.69) is 10.6 Å². The van der Waals surface area contributed by atoms with Crippen LogP contribution in [0, 0.1) is 0 Å². The van der Waals surface area contributed by atoms with E-state index in [1.807, 2.05) is 7.05 Å². The second-order valence-electron chi connectivity index (χ2n) is 6.27. The molecule has 0 spiro atoms. The van der Waals surface area contributed by atoms with Crippen molar-refractivity contribution in [2.24, 2.45) is 0 Å². The van der Waals surface area contributed by atoms with Crippen molar-refractivity contribution >= 4 is 30.3 Å². The van der Waals surface area contributed by atoms with Crippen LogP contribution >= 0.6 is 12.4 Å². The Kier molecular flexibility index (Phi) is 6.19. The van der Waals surface area contributed by atoms with Gasteiger partial charge in [-0.3, -0.25) is 14.5 Å². The molecular weight excluding hydrogens is 308 g/mol. The molecule has 4 amide bonds. The summed E-state index contributed by atoms with van der Waals surface area (Å²) in [6.45, 7) is 5.43. The van der Waals surface area contributed by atoms with Gasteiger partial charge in [-0.05, 0) is 33.2 Å². The minimum absolute atomic E-state index is 0. The minimum Gasteiger partial charge on any atom is -0.341 e. The summed E-state index contributed by atoms with van der Waals surface area (Å²) in [7, 11) is 1.82. The lowest BCUT2D eigenvalue weighted by molar-refractivity contribution is -0.133. The largest absolute Gasteiger partial charge is 0.341 e. The Labute approximate surface area is 137 Å². The van der Waals surface area contributed by atoms with Crippen LogP contribution in [0.25, 0.3) is 0 Å². The lowest BCUT2D eigenvalue weighted by atomic mass is 10.1. The van der Waals surface area contributed by atoms with Gasteiger partial charge in [0.2, 0.25) is 5.91 Å². The number of nitrogens with zero attached hydrogens (tertiary/aromatic N) is 2. The summed E-state index contributed by atoms with van der Waals surface area (Å²) in [5.74, 6) is -0.164. The van der Waals surface area contributed by atoms with Crippen molar-refractivity contribution in [2.75, 3.05) is 26.7 Å². The SMILES string of the molecule is CN(C(=O)CCCN1C(=O)NC(C)(C)C1=O)C1CCNC1.Cl. The van der Waals surface area contributed by atoms with E-state index < -0.39 is 5.54 Å². The number of nitrogens with one attached hydrogen (secondary N) is 2. The molecule has 22 heavy (non-hydrogen) atoms. The van der Waals surface area contributed by atoms with Gasteiger partial charge in [0.25, 0.3) is 5.91 Å². The zero-order valence-corrected chi connectivity index (χ0v) is 14.2. The fourth-order valence-electron chi connectivity index (χ4n) is 2.76. The lowest BCUT2D eigenvalue weighted by Gasteiger charge is -2.24. The Morgan fingerprint density at radius 2 is 2.09 bits per heavy atom. The normalized spacial score (nSPS) is 23.2. The summed E-state index contributed by atoms with van der Waals surface area (Å²) in [5.41, 5.74) is -0.840. The Hall–Kier alpha value is -1.34. The Bertz CT molecular complexity index is 449. The summed E-state index contributed by atoms with van der Waals surface area (Å²) >= 11 is 0. The fourth-order valence-corrected chi connectivity index (χ4v) is 2.76. The predicted molar refractivity (Wildman–Crippen MR) is 84.9 cm³/mol. The third-order valence-corrected chi connectivity index (χ3v) is 4.19. The van der Waals surface area contributed by atoms with Gasteiger partial charge in [0.15, 0.2) is 0 Å². The van der Waals surface area contributed by atoms with Crippen molar-refractivity contribution in [3.8, 4) is 0 Å².